The highest BCUT2D eigenvalue weighted by Crippen LogP contribution is 2.20. The van der Waals surface area contributed by atoms with Crippen LogP contribution in [0.3, 0.4) is 0 Å². The quantitative estimate of drug-likeness (QED) is 0.696. The average molecular weight is 283 g/mol. The lowest BCUT2D eigenvalue weighted by Crippen LogP contribution is -2.46. The number of rotatable bonds is 8. The van der Waals surface area contributed by atoms with Gasteiger partial charge in [-0.2, -0.15) is 0 Å². The lowest BCUT2D eigenvalue weighted by Gasteiger charge is -2.36. The molecule has 1 atom stereocenters. The molecule has 20 heavy (non-hydrogen) atoms. The SMILES string of the molecule is CCN1CCC(N(C)CCC(NC2CC2)C(=O)O)CC1. The van der Waals surface area contributed by atoms with Crippen LogP contribution < -0.4 is 5.32 Å². The van der Waals surface area contributed by atoms with E-state index in [4.69, 9.17) is 0 Å². The predicted octanol–water partition coefficient (Wildman–Crippen LogP) is 0.998. The Labute approximate surface area is 122 Å². The molecule has 0 bridgehead atoms. The smallest absolute Gasteiger partial charge is 0.320 e. The first-order valence-corrected chi connectivity index (χ1v) is 8.01. The monoisotopic (exact) mass is 283 g/mol. The average Bonchev–Trinajstić information content (AvgIpc) is 3.27. The number of carbonyl (C=O) groups is 1. The molecule has 2 rings (SSSR count). The van der Waals surface area contributed by atoms with Gasteiger partial charge >= 0.3 is 5.97 Å². The molecular weight excluding hydrogens is 254 g/mol. The lowest BCUT2D eigenvalue weighted by atomic mass is 10.0. The molecule has 0 aromatic rings. The highest BCUT2D eigenvalue weighted by molar-refractivity contribution is 5.73. The van der Waals surface area contributed by atoms with Crippen molar-refractivity contribution < 1.29 is 9.90 Å². The van der Waals surface area contributed by atoms with E-state index in [1.165, 1.54) is 25.9 Å². The summed E-state index contributed by atoms with van der Waals surface area (Å²) in [6.07, 6.45) is 5.39. The molecule has 2 fully saturated rings. The minimum absolute atomic E-state index is 0.374. The molecule has 0 amide bonds. The molecule has 0 radical (unpaired) electrons. The fourth-order valence-electron chi connectivity index (χ4n) is 3.00. The fourth-order valence-corrected chi connectivity index (χ4v) is 3.00. The number of nitrogens with one attached hydrogen (secondary N) is 1. The Morgan fingerprint density at radius 1 is 1.35 bits per heavy atom. The summed E-state index contributed by atoms with van der Waals surface area (Å²) in [5.74, 6) is -0.703. The van der Waals surface area contributed by atoms with Gasteiger partial charge in [0, 0.05) is 18.6 Å². The Bertz CT molecular complexity index is 312. The summed E-state index contributed by atoms with van der Waals surface area (Å²) in [7, 11) is 2.14. The second kappa shape index (κ2) is 7.38. The number of hydrogen-bond donors (Lipinski definition) is 2. The van der Waals surface area contributed by atoms with Gasteiger partial charge in [0.15, 0.2) is 0 Å². The number of carboxylic acids is 1. The van der Waals surface area contributed by atoms with Crippen LogP contribution in [0.1, 0.15) is 39.0 Å². The molecule has 1 aliphatic carbocycles. The van der Waals surface area contributed by atoms with Crippen molar-refractivity contribution in [1.29, 1.82) is 0 Å². The summed E-state index contributed by atoms with van der Waals surface area (Å²) < 4.78 is 0. The first kappa shape index (κ1) is 15.7. The van der Waals surface area contributed by atoms with Crippen LogP contribution in [-0.2, 0) is 4.79 Å². The maximum absolute atomic E-state index is 11.2. The van der Waals surface area contributed by atoms with Crippen LogP contribution in [0.25, 0.3) is 0 Å². The van der Waals surface area contributed by atoms with Crippen LogP contribution in [0.5, 0.6) is 0 Å². The Balaban J connectivity index is 1.70. The van der Waals surface area contributed by atoms with E-state index < -0.39 is 5.97 Å². The van der Waals surface area contributed by atoms with Gasteiger partial charge in [-0.3, -0.25) is 4.79 Å². The van der Waals surface area contributed by atoms with Crippen molar-refractivity contribution in [3.05, 3.63) is 0 Å². The third kappa shape index (κ3) is 4.72. The number of nitrogens with zero attached hydrogens (tertiary/aromatic N) is 2. The van der Waals surface area contributed by atoms with E-state index in [1.54, 1.807) is 0 Å². The van der Waals surface area contributed by atoms with Crippen LogP contribution in [-0.4, -0.2) is 72.2 Å². The standard InChI is InChI=1S/C15H29N3O2/c1-3-18-10-6-13(7-11-18)17(2)9-8-14(15(19)20)16-12-4-5-12/h12-14,16H,3-11H2,1-2H3,(H,19,20). The number of carboxylic acid groups (broad SMARTS) is 1. The lowest BCUT2D eigenvalue weighted by molar-refractivity contribution is -0.139. The van der Waals surface area contributed by atoms with Crippen molar-refractivity contribution in [2.75, 3.05) is 33.2 Å². The molecule has 0 aromatic heterocycles. The van der Waals surface area contributed by atoms with E-state index in [0.29, 0.717) is 18.5 Å². The van der Waals surface area contributed by atoms with Gasteiger partial charge in [-0.15, -0.1) is 0 Å². The minimum atomic E-state index is -0.703. The molecule has 0 spiro atoms. The Hall–Kier alpha value is -0.650. The molecule has 1 saturated heterocycles. The molecular formula is C15H29N3O2. The van der Waals surface area contributed by atoms with Gasteiger partial charge in [-0.25, -0.2) is 0 Å². The van der Waals surface area contributed by atoms with Crippen LogP contribution in [0.15, 0.2) is 0 Å². The largest absolute Gasteiger partial charge is 0.480 e. The molecule has 0 aromatic carbocycles. The van der Waals surface area contributed by atoms with Crippen molar-refractivity contribution >= 4 is 5.97 Å². The zero-order chi connectivity index (χ0) is 14.5. The highest BCUT2D eigenvalue weighted by Gasteiger charge is 2.29. The summed E-state index contributed by atoms with van der Waals surface area (Å²) in [5, 5.41) is 12.5. The van der Waals surface area contributed by atoms with Gasteiger partial charge in [0.05, 0.1) is 0 Å². The number of piperidine rings is 1. The zero-order valence-electron chi connectivity index (χ0n) is 12.8. The van der Waals surface area contributed by atoms with E-state index in [2.05, 4.69) is 29.1 Å². The number of aliphatic carboxylic acids is 1. The van der Waals surface area contributed by atoms with Gasteiger partial charge in [-0.1, -0.05) is 6.92 Å². The highest BCUT2D eigenvalue weighted by atomic mass is 16.4. The second-order valence-electron chi connectivity index (χ2n) is 6.27. The topological polar surface area (TPSA) is 55.8 Å². The van der Waals surface area contributed by atoms with E-state index in [-0.39, 0.29) is 6.04 Å². The summed E-state index contributed by atoms with van der Waals surface area (Å²) in [6.45, 7) is 6.57. The third-order valence-corrected chi connectivity index (χ3v) is 4.71. The molecule has 116 valence electrons. The normalized spacial score (nSPS) is 23.1. The van der Waals surface area contributed by atoms with Crippen LogP contribution in [0.4, 0.5) is 0 Å². The van der Waals surface area contributed by atoms with Crippen molar-refractivity contribution in [1.82, 2.24) is 15.1 Å². The van der Waals surface area contributed by atoms with Crippen molar-refractivity contribution in [3.63, 3.8) is 0 Å². The fraction of sp³-hybridized carbons (Fsp3) is 0.933. The maximum Gasteiger partial charge on any atom is 0.320 e. The van der Waals surface area contributed by atoms with E-state index in [1.807, 2.05) is 0 Å². The Morgan fingerprint density at radius 3 is 2.50 bits per heavy atom. The molecule has 5 heteroatoms. The molecule has 1 saturated carbocycles. The van der Waals surface area contributed by atoms with Crippen molar-refractivity contribution in [3.8, 4) is 0 Å². The molecule has 5 nitrogen and oxygen atoms in total. The summed E-state index contributed by atoms with van der Waals surface area (Å²) in [4.78, 5) is 16.1. The first-order valence-electron chi connectivity index (χ1n) is 8.01. The van der Waals surface area contributed by atoms with E-state index in [9.17, 15) is 9.90 Å². The first-order chi connectivity index (χ1) is 9.60. The Kier molecular flexibility index (Phi) is 5.81. The maximum atomic E-state index is 11.2. The van der Waals surface area contributed by atoms with Crippen LogP contribution >= 0.6 is 0 Å². The van der Waals surface area contributed by atoms with Crippen molar-refractivity contribution in [2.45, 2.75) is 57.2 Å². The van der Waals surface area contributed by atoms with Gasteiger partial charge in [-0.05, 0) is 58.8 Å². The summed E-state index contributed by atoms with van der Waals surface area (Å²) in [6, 6.07) is 0.697. The summed E-state index contributed by atoms with van der Waals surface area (Å²) in [5.41, 5.74) is 0. The van der Waals surface area contributed by atoms with Gasteiger partial charge in [0.1, 0.15) is 6.04 Å². The number of likely N-dealkylation sites (tertiary alicyclic amines) is 1. The Morgan fingerprint density at radius 2 is 2.00 bits per heavy atom. The van der Waals surface area contributed by atoms with Crippen LogP contribution in [0.2, 0.25) is 0 Å². The predicted molar refractivity (Wildman–Crippen MR) is 80.0 cm³/mol. The van der Waals surface area contributed by atoms with Crippen LogP contribution in [0, 0.1) is 0 Å². The molecule has 1 unspecified atom stereocenters. The molecule has 1 heterocycles. The van der Waals surface area contributed by atoms with Gasteiger partial charge < -0.3 is 20.2 Å². The molecule has 2 N–H and O–H groups in total. The minimum Gasteiger partial charge on any atom is -0.480 e. The summed E-state index contributed by atoms with van der Waals surface area (Å²) >= 11 is 0. The van der Waals surface area contributed by atoms with E-state index in [0.717, 1.165) is 25.9 Å². The van der Waals surface area contributed by atoms with E-state index >= 15 is 0 Å². The zero-order valence-corrected chi connectivity index (χ0v) is 12.8. The third-order valence-electron chi connectivity index (χ3n) is 4.71. The van der Waals surface area contributed by atoms with Gasteiger partial charge in [0.25, 0.3) is 0 Å². The molecule has 2 aliphatic rings. The van der Waals surface area contributed by atoms with Crippen molar-refractivity contribution in [2.24, 2.45) is 0 Å². The second-order valence-corrected chi connectivity index (χ2v) is 6.27. The molecule has 1 aliphatic heterocycles. The number of hydrogen-bond acceptors (Lipinski definition) is 4. The van der Waals surface area contributed by atoms with Gasteiger partial charge in [0.2, 0.25) is 0 Å².